The molecule has 1 N–H and O–H groups in total. The van der Waals surface area contributed by atoms with Crippen LogP contribution in [0.3, 0.4) is 0 Å². The van der Waals surface area contributed by atoms with Crippen molar-refractivity contribution in [3.8, 4) is 6.07 Å². The van der Waals surface area contributed by atoms with Gasteiger partial charge in [-0.05, 0) is 6.92 Å². The van der Waals surface area contributed by atoms with E-state index in [2.05, 4.69) is 10.3 Å². The van der Waals surface area contributed by atoms with Crippen molar-refractivity contribution in [2.45, 2.75) is 25.8 Å². The van der Waals surface area contributed by atoms with E-state index in [1.165, 1.54) is 11.8 Å². The topological polar surface area (TPSA) is 74.5 Å². The van der Waals surface area contributed by atoms with Crippen molar-refractivity contribution in [3.63, 3.8) is 0 Å². The van der Waals surface area contributed by atoms with E-state index in [0.717, 1.165) is 5.75 Å². The summed E-state index contributed by atoms with van der Waals surface area (Å²) in [5.41, 5.74) is 0. The van der Waals surface area contributed by atoms with E-state index in [1.807, 2.05) is 13.0 Å². The number of carbonyl (C=O) groups is 1. The molecule has 0 saturated carbocycles. The monoisotopic (exact) mass is 241 g/mol. The van der Waals surface area contributed by atoms with Gasteiger partial charge in [-0.2, -0.15) is 5.26 Å². The molecular formula is C10H15N3O2S. The summed E-state index contributed by atoms with van der Waals surface area (Å²) in [6.45, 7) is 2.95. The second kappa shape index (κ2) is 7.25. The highest BCUT2D eigenvalue weighted by Gasteiger charge is 2.17. The number of carbonyl (C=O) groups excluding carboxylic acids is 1. The van der Waals surface area contributed by atoms with E-state index >= 15 is 0 Å². The second-order valence-electron chi connectivity index (χ2n) is 3.40. The van der Waals surface area contributed by atoms with Gasteiger partial charge in [0.15, 0.2) is 5.17 Å². The molecule has 1 rings (SSSR count). The Morgan fingerprint density at radius 3 is 3.19 bits per heavy atom. The molecular weight excluding hydrogens is 226 g/mol. The van der Waals surface area contributed by atoms with Crippen molar-refractivity contribution in [1.82, 2.24) is 5.32 Å². The Kier molecular flexibility index (Phi) is 5.90. The number of ether oxygens (including phenoxy) is 1. The molecule has 6 heteroatoms. The number of nitrogens with one attached hydrogen (secondary N) is 1. The Labute approximate surface area is 99.3 Å². The minimum atomic E-state index is 0.0235. The molecule has 1 atom stereocenters. The normalized spacial score (nSPS) is 19.9. The predicted octanol–water partition coefficient (Wildman–Crippen LogP) is 0.914. The van der Waals surface area contributed by atoms with Crippen LogP contribution in [-0.2, 0) is 9.53 Å². The maximum atomic E-state index is 11.2. The van der Waals surface area contributed by atoms with Crippen LogP contribution in [0.1, 0.15) is 19.8 Å². The lowest BCUT2D eigenvalue weighted by Crippen LogP contribution is -2.36. The first-order chi connectivity index (χ1) is 7.72. The van der Waals surface area contributed by atoms with Gasteiger partial charge in [0.1, 0.15) is 0 Å². The van der Waals surface area contributed by atoms with Crippen LogP contribution < -0.4 is 5.32 Å². The molecule has 1 amide bonds. The van der Waals surface area contributed by atoms with Crippen LogP contribution in [0.25, 0.3) is 0 Å². The minimum Gasteiger partial charge on any atom is -0.380 e. The number of rotatable bonds is 5. The number of aliphatic imine (C=N–C) groups is 1. The van der Waals surface area contributed by atoms with Crippen LogP contribution in [0.4, 0.5) is 0 Å². The highest BCUT2D eigenvalue weighted by atomic mass is 32.2. The van der Waals surface area contributed by atoms with Gasteiger partial charge in [-0.3, -0.25) is 9.79 Å². The fraction of sp³-hybridized carbons (Fsp3) is 0.700. The van der Waals surface area contributed by atoms with Gasteiger partial charge >= 0.3 is 0 Å². The number of hydrogen-bond acceptors (Lipinski definition) is 5. The highest BCUT2D eigenvalue weighted by molar-refractivity contribution is 8.13. The Morgan fingerprint density at radius 2 is 2.50 bits per heavy atom. The summed E-state index contributed by atoms with van der Waals surface area (Å²) in [5, 5.41) is 11.7. The van der Waals surface area contributed by atoms with Gasteiger partial charge in [0.05, 0.1) is 31.7 Å². The first-order valence-corrected chi connectivity index (χ1v) is 6.16. The highest BCUT2D eigenvalue weighted by Crippen LogP contribution is 2.10. The van der Waals surface area contributed by atoms with Crippen LogP contribution in [0.15, 0.2) is 4.99 Å². The Bertz CT molecular complexity index is 312. The van der Waals surface area contributed by atoms with E-state index in [-0.39, 0.29) is 11.9 Å². The fourth-order valence-corrected chi connectivity index (χ4v) is 2.04. The summed E-state index contributed by atoms with van der Waals surface area (Å²) in [5.74, 6) is 0.757. The van der Waals surface area contributed by atoms with Crippen molar-refractivity contribution in [3.05, 3.63) is 0 Å². The molecule has 0 saturated heterocycles. The molecule has 1 aliphatic rings. The molecule has 5 nitrogen and oxygen atoms in total. The molecule has 1 aliphatic heterocycles. The average Bonchev–Trinajstić information content (AvgIpc) is 2.22. The third kappa shape index (κ3) is 5.14. The average molecular weight is 241 g/mol. The summed E-state index contributed by atoms with van der Waals surface area (Å²) in [6, 6.07) is 2.07. The first kappa shape index (κ1) is 13.0. The first-order valence-electron chi connectivity index (χ1n) is 5.17. The zero-order chi connectivity index (χ0) is 11.8. The molecule has 0 aliphatic carbocycles. The van der Waals surface area contributed by atoms with Gasteiger partial charge in [0, 0.05) is 12.2 Å². The van der Waals surface area contributed by atoms with Crippen molar-refractivity contribution in [2.75, 3.05) is 19.0 Å². The van der Waals surface area contributed by atoms with Gasteiger partial charge in [0.25, 0.3) is 0 Å². The van der Waals surface area contributed by atoms with Crippen LogP contribution in [0.5, 0.6) is 0 Å². The van der Waals surface area contributed by atoms with Crippen LogP contribution in [-0.4, -0.2) is 36.1 Å². The molecule has 0 bridgehead atoms. The van der Waals surface area contributed by atoms with Crippen molar-refractivity contribution < 1.29 is 9.53 Å². The van der Waals surface area contributed by atoms with Gasteiger partial charge in [-0.25, -0.2) is 0 Å². The molecule has 1 unspecified atom stereocenters. The number of amidine groups is 1. The minimum absolute atomic E-state index is 0.0235. The maximum absolute atomic E-state index is 11.2. The number of thioether (sulfide) groups is 1. The maximum Gasteiger partial charge on any atom is 0.228 e. The summed E-state index contributed by atoms with van der Waals surface area (Å²) in [7, 11) is 0. The van der Waals surface area contributed by atoms with E-state index in [4.69, 9.17) is 10.00 Å². The quantitative estimate of drug-likeness (QED) is 0.726. The van der Waals surface area contributed by atoms with Crippen molar-refractivity contribution in [1.29, 1.82) is 5.26 Å². The van der Waals surface area contributed by atoms with Crippen molar-refractivity contribution in [2.24, 2.45) is 4.99 Å². The van der Waals surface area contributed by atoms with E-state index in [1.54, 1.807) is 0 Å². The predicted molar refractivity (Wildman–Crippen MR) is 63.2 cm³/mol. The van der Waals surface area contributed by atoms with Gasteiger partial charge in [-0.1, -0.05) is 11.8 Å². The lowest BCUT2D eigenvalue weighted by molar-refractivity contribution is -0.120. The Morgan fingerprint density at radius 1 is 1.69 bits per heavy atom. The van der Waals surface area contributed by atoms with E-state index < -0.39 is 0 Å². The second-order valence-corrected chi connectivity index (χ2v) is 4.49. The zero-order valence-electron chi connectivity index (χ0n) is 9.23. The SMILES string of the molecule is CC1CC(=O)NC(SCCOCCC#N)=N1. The zero-order valence-corrected chi connectivity index (χ0v) is 10.0. The Balaban J connectivity index is 2.13. The van der Waals surface area contributed by atoms with Gasteiger partial charge < -0.3 is 10.1 Å². The van der Waals surface area contributed by atoms with E-state index in [9.17, 15) is 4.79 Å². The Hall–Kier alpha value is -1.06. The lowest BCUT2D eigenvalue weighted by Gasteiger charge is -2.17. The third-order valence-corrected chi connectivity index (χ3v) is 2.74. The van der Waals surface area contributed by atoms with Gasteiger partial charge in [-0.15, -0.1) is 0 Å². The molecule has 0 fully saturated rings. The van der Waals surface area contributed by atoms with Crippen LogP contribution >= 0.6 is 11.8 Å². The summed E-state index contributed by atoms with van der Waals surface area (Å²) in [6.07, 6.45) is 0.877. The molecule has 1 heterocycles. The largest absolute Gasteiger partial charge is 0.380 e. The molecule has 0 aromatic heterocycles. The van der Waals surface area contributed by atoms with Crippen LogP contribution in [0.2, 0.25) is 0 Å². The van der Waals surface area contributed by atoms with E-state index in [0.29, 0.717) is 31.2 Å². The number of nitrogens with zero attached hydrogens (tertiary/aromatic N) is 2. The summed E-state index contributed by atoms with van der Waals surface area (Å²) < 4.78 is 5.21. The van der Waals surface area contributed by atoms with Crippen molar-refractivity contribution >= 4 is 22.8 Å². The fourth-order valence-electron chi connectivity index (χ4n) is 1.21. The van der Waals surface area contributed by atoms with Crippen LogP contribution in [0, 0.1) is 11.3 Å². The summed E-state index contributed by atoms with van der Waals surface area (Å²) >= 11 is 1.47. The standard InChI is InChI=1S/C10H15N3O2S/c1-8-7-9(14)13-10(12-8)16-6-5-15-4-2-3-11/h8H,2,4-7H2,1H3,(H,12,13,14). The smallest absolute Gasteiger partial charge is 0.228 e. The number of amides is 1. The summed E-state index contributed by atoms with van der Waals surface area (Å²) in [4.78, 5) is 15.5. The third-order valence-electron chi connectivity index (χ3n) is 1.89. The number of nitriles is 1. The molecule has 0 spiro atoms. The molecule has 16 heavy (non-hydrogen) atoms. The lowest BCUT2D eigenvalue weighted by atomic mass is 10.2. The molecule has 88 valence electrons. The molecule has 0 aromatic rings. The molecule has 0 aromatic carbocycles. The number of hydrogen-bond donors (Lipinski definition) is 1. The molecule has 0 radical (unpaired) electrons. The van der Waals surface area contributed by atoms with Gasteiger partial charge in [0.2, 0.25) is 5.91 Å².